The number of alkyl halides is 3. The van der Waals surface area contributed by atoms with Crippen LogP contribution in [-0.2, 0) is 17.4 Å². The Morgan fingerprint density at radius 2 is 1.81 bits per heavy atom. The molecule has 8 heteroatoms. The highest BCUT2D eigenvalue weighted by molar-refractivity contribution is 5.96. The van der Waals surface area contributed by atoms with Gasteiger partial charge in [-0.3, -0.25) is 4.79 Å². The van der Waals surface area contributed by atoms with Gasteiger partial charge in [0.15, 0.2) is 0 Å². The van der Waals surface area contributed by atoms with Crippen molar-refractivity contribution in [3.63, 3.8) is 0 Å². The van der Waals surface area contributed by atoms with E-state index in [9.17, 15) is 27.9 Å². The highest BCUT2D eigenvalue weighted by atomic mass is 19.4. The Balaban J connectivity index is 2.14. The summed E-state index contributed by atoms with van der Waals surface area (Å²) >= 11 is 0. The predicted octanol–water partition coefficient (Wildman–Crippen LogP) is 3.14. The molecule has 0 saturated carbocycles. The predicted molar refractivity (Wildman–Crippen MR) is 87.0 cm³/mol. The van der Waals surface area contributed by atoms with Gasteiger partial charge >= 0.3 is 12.1 Å². The molecule has 1 atom stereocenters. The van der Waals surface area contributed by atoms with Gasteiger partial charge < -0.3 is 15.2 Å². The number of benzene rings is 2. The molecule has 0 fully saturated rings. The number of carbonyl (C=O) groups excluding carboxylic acids is 1. The van der Waals surface area contributed by atoms with Gasteiger partial charge in [0.05, 0.1) is 12.7 Å². The normalized spacial score (nSPS) is 12.3. The van der Waals surface area contributed by atoms with Crippen molar-refractivity contribution in [1.29, 1.82) is 0 Å². The summed E-state index contributed by atoms with van der Waals surface area (Å²) in [7, 11) is 1.49. The monoisotopic (exact) mass is 367 g/mol. The zero-order valence-electron chi connectivity index (χ0n) is 13.7. The first-order valence-electron chi connectivity index (χ1n) is 7.54. The Kier molecular flexibility index (Phi) is 5.86. The van der Waals surface area contributed by atoms with Crippen LogP contribution >= 0.6 is 0 Å². The summed E-state index contributed by atoms with van der Waals surface area (Å²) < 4.78 is 43.2. The van der Waals surface area contributed by atoms with Gasteiger partial charge in [-0.05, 0) is 35.9 Å². The van der Waals surface area contributed by atoms with Crippen molar-refractivity contribution in [1.82, 2.24) is 5.32 Å². The number of aliphatic carboxylic acids is 1. The molecule has 26 heavy (non-hydrogen) atoms. The number of halogens is 3. The third kappa shape index (κ3) is 4.98. The number of methoxy groups -OCH3 is 1. The molecule has 2 aromatic carbocycles. The van der Waals surface area contributed by atoms with Crippen LogP contribution < -0.4 is 10.1 Å². The molecule has 5 nitrogen and oxygen atoms in total. The van der Waals surface area contributed by atoms with Crippen LogP contribution in [0.5, 0.6) is 5.75 Å². The van der Waals surface area contributed by atoms with E-state index in [0.29, 0.717) is 17.4 Å². The lowest BCUT2D eigenvalue weighted by Gasteiger charge is -2.15. The zero-order chi connectivity index (χ0) is 19.3. The van der Waals surface area contributed by atoms with Gasteiger partial charge in [0.1, 0.15) is 11.8 Å². The summed E-state index contributed by atoms with van der Waals surface area (Å²) in [5, 5.41) is 11.5. The molecule has 0 unspecified atom stereocenters. The van der Waals surface area contributed by atoms with Crippen molar-refractivity contribution < 1.29 is 32.6 Å². The highest BCUT2D eigenvalue weighted by Crippen LogP contribution is 2.29. The lowest BCUT2D eigenvalue weighted by molar-refractivity contribution is -0.139. The Bertz CT molecular complexity index is 788. The zero-order valence-corrected chi connectivity index (χ0v) is 13.7. The van der Waals surface area contributed by atoms with E-state index in [1.807, 2.05) is 0 Å². The molecular formula is C18H16F3NO4. The fraction of sp³-hybridized carbons (Fsp3) is 0.222. The minimum absolute atomic E-state index is 0.0238. The van der Waals surface area contributed by atoms with E-state index in [1.165, 1.54) is 13.2 Å². The van der Waals surface area contributed by atoms with Crippen molar-refractivity contribution in [2.24, 2.45) is 0 Å². The van der Waals surface area contributed by atoms with Crippen molar-refractivity contribution in [3.8, 4) is 5.75 Å². The van der Waals surface area contributed by atoms with Crippen LogP contribution in [0, 0.1) is 0 Å². The number of hydrogen-bond acceptors (Lipinski definition) is 3. The summed E-state index contributed by atoms with van der Waals surface area (Å²) in [6.45, 7) is 0. The molecule has 0 radical (unpaired) electrons. The van der Waals surface area contributed by atoms with Crippen molar-refractivity contribution >= 4 is 11.9 Å². The van der Waals surface area contributed by atoms with Crippen LogP contribution in [0.4, 0.5) is 13.2 Å². The number of ether oxygens (including phenoxy) is 1. The topological polar surface area (TPSA) is 75.6 Å². The quantitative estimate of drug-likeness (QED) is 0.823. The fourth-order valence-corrected chi connectivity index (χ4v) is 2.28. The molecule has 2 aromatic rings. The van der Waals surface area contributed by atoms with Crippen LogP contribution in [-0.4, -0.2) is 30.1 Å². The van der Waals surface area contributed by atoms with E-state index in [1.54, 1.807) is 24.3 Å². The average Bonchev–Trinajstić information content (AvgIpc) is 2.61. The first-order chi connectivity index (χ1) is 12.2. The second-order valence-corrected chi connectivity index (χ2v) is 5.50. The van der Waals surface area contributed by atoms with Crippen LogP contribution in [0.1, 0.15) is 21.5 Å². The third-order valence-corrected chi connectivity index (χ3v) is 3.65. The van der Waals surface area contributed by atoms with Crippen LogP contribution in [0.15, 0.2) is 48.5 Å². The minimum Gasteiger partial charge on any atom is -0.497 e. The summed E-state index contributed by atoms with van der Waals surface area (Å²) in [5.41, 5.74) is -0.615. The molecule has 0 aliphatic heterocycles. The molecule has 2 rings (SSSR count). The largest absolute Gasteiger partial charge is 0.497 e. The van der Waals surface area contributed by atoms with Gasteiger partial charge in [-0.25, -0.2) is 4.79 Å². The van der Waals surface area contributed by atoms with Gasteiger partial charge in [-0.15, -0.1) is 0 Å². The van der Waals surface area contributed by atoms with E-state index in [0.717, 1.165) is 12.1 Å². The Labute approximate surface area is 147 Å². The van der Waals surface area contributed by atoms with Gasteiger partial charge in [0.25, 0.3) is 5.91 Å². The number of nitrogens with one attached hydrogen (secondary N) is 1. The lowest BCUT2D eigenvalue weighted by atomic mass is 10.0. The molecule has 0 saturated heterocycles. The van der Waals surface area contributed by atoms with E-state index in [-0.39, 0.29) is 12.0 Å². The van der Waals surface area contributed by atoms with E-state index >= 15 is 0 Å². The summed E-state index contributed by atoms with van der Waals surface area (Å²) in [4.78, 5) is 23.6. The van der Waals surface area contributed by atoms with Gasteiger partial charge in [0.2, 0.25) is 0 Å². The van der Waals surface area contributed by atoms with Crippen molar-refractivity contribution in [2.45, 2.75) is 18.6 Å². The smallest absolute Gasteiger partial charge is 0.416 e. The number of carboxylic acid groups (broad SMARTS) is 1. The molecular weight excluding hydrogens is 351 g/mol. The molecule has 0 aromatic heterocycles. The van der Waals surface area contributed by atoms with E-state index < -0.39 is 29.7 Å². The average molecular weight is 367 g/mol. The summed E-state index contributed by atoms with van der Waals surface area (Å²) in [5.74, 6) is -1.59. The maximum atomic E-state index is 12.7. The molecule has 0 heterocycles. The maximum absolute atomic E-state index is 12.7. The highest BCUT2D eigenvalue weighted by Gasteiger charge is 2.31. The van der Waals surface area contributed by atoms with Crippen molar-refractivity contribution in [2.75, 3.05) is 7.11 Å². The van der Waals surface area contributed by atoms with Crippen molar-refractivity contribution in [3.05, 3.63) is 65.2 Å². The van der Waals surface area contributed by atoms with Crippen LogP contribution in [0.2, 0.25) is 0 Å². The van der Waals surface area contributed by atoms with Gasteiger partial charge in [0, 0.05) is 12.0 Å². The fourth-order valence-electron chi connectivity index (χ4n) is 2.28. The number of rotatable bonds is 6. The number of amides is 1. The van der Waals surface area contributed by atoms with E-state index in [2.05, 4.69) is 5.32 Å². The van der Waals surface area contributed by atoms with Gasteiger partial charge in [-0.2, -0.15) is 13.2 Å². The third-order valence-electron chi connectivity index (χ3n) is 3.65. The molecule has 0 aliphatic rings. The Hall–Kier alpha value is -3.03. The molecule has 138 valence electrons. The number of carboxylic acids is 1. The lowest BCUT2D eigenvalue weighted by Crippen LogP contribution is -2.42. The molecule has 1 amide bonds. The minimum atomic E-state index is -4.59. The first-order valence-corrected chi connectivity index (χ1v) is 7.54. The molecule has 0 bridgehead atoms. The van der Waals surface area contributed by atoms with Gasteiger partial charge in [-0.1, -0.05) is 18.2 Å². The second-order valence-electron chi connectivity index (χ2n) is 5.50. The SMILES string of the molecule is COc1ccc(C[C@@H](NC(=O)c2cccc(C(F)(F)F)c2)C(=O)O)cc1. The molecule has 2 N–H and O–H groups in total. The van der Waals surface area contributed by atoms with Crippen LogP contribution in [0.25, 0.3) is 0 Å². The number of hydrogen-bond donors (Lipinski definition) is 2. The van der Waals surface area contributed by atoms with Crippen LogP contribution in [0.3, 0.4) is 0 Å². The summed E-state index contributed by atoms with van der Waals surface area (Å²) in [6, 6.07) is 9.09. The Morgan fingerprint density at radius 1 is 1.15 bits per heavy atom. The second kappa shape index (κ2) is 7.90. The van der Waals surface area contributed by atoms with E-state index in [4.69, 9.17) is 4.74 Å². The summed E-state index contributed by atoms with van der Waals surface area (Å²) in [6.07, 6.45) is -4.62. The Morgan fingerprint density at radius 3 is 2.35 bits per heavy atom. The molecule has 0 spiro atoms. The number of carbonyl (C=O) groups is 2. The standard InChI is InChI=1S/C18H16F3NO4/c1-26-14-7-5-11(6-8-14)9-15(17(24)25)22-16(23)12-3-2-4-13(10-12)18(19,20)21/h2-8,10,15H,9H2,1H3,(H,22,23)(H,24,25)/t15-/m1/s1. The molecule has 0 aliphatic carbocycles. The first kappa shape index (κ1) is 19.3. The maximum Gasteiger partial charge on any atom is 0.416 e.